The highest BCUT2D eigenvalue weighted by Crippen LogP contribution is 2.44. The molecule has 202 valence electrons. The Kier molecular flexibility index (Phi) is 6.11. The van der Waals surface area contributed by atoms with Crippen molar-refractivity contribution >= 4 is 11.4 Å². The predicted octanol–water partition coefficient (Wildman–Crippen LogP) is 9.69. The lowest BCUT2D eigenvalue weighted by Gasteiger charge is -2.17. The Morgan fingerprint density at radius 2 is 0.667 bits per heavy atom. The number of rotatable bonds is 7. The van der Waals surface area contributed by atoms with Gasteiger partial charge in [-0.05, 0) is 80.6 Å². The van der Waals surface area contributed by atoms with Crippen molar-refractivity contribution in [2.24, 2.45) is 0 Å². The summed E-state index contributed by atoms with van der Waals surface area (Å²) < 4.78 is 0. The summed E-state index contributed by atoms with van der Waals surface area (Å²) in [7, 11) is 0. The molecule has 0 aliphatic heterocycles. The molecule has 2 aliphatic carbocycles. The van der Waals surface area contributed by atoms with Crippen LogP contribution in [0.3, 0.4) is 0 Å². The van der Waals surface area contributed by atoms with E-state index in [-0.39, 0.29) is 0 Å². The van der Waals surface area contributed by atoms with Crippen molar-refractivity contribution in [3.05, 3.63) is 156 Å². The molecule has 0 unspecified atom stereocenters. The Balaban J connectivity index is 1.02. The Bertz CT molecular complexity index is 1810. The van der Waals surface area contributed by atoms with E-state index in [1.54, 1.807) is 0 Å². The minimum Gasteiger partial charge on any atom is -0.383 e. The summed E-state index contributed by atoms with van der Waals surface area (Å²) in [6.45, 7) is 1.64. The summed E-state index contributed by atoms with van der Waals surface area (Å²) in [5, 5.41) is 7.49. The number of fused-ring (bicyclic) bond motifs is 6. The zero-order valence-corrected chi connectivity index (χ0v) is 23.5. The molecule has 0 heterocycles. The van der Waals surface area contributed by atoms with Gasteiger partial charge in [-0.15, -0.1) is 0 Å². The van der Waals surface area contributed by atoms with E-state index in [9.17, 15) is 0 Å². The lowest BCUT2D eigenvalue weighted by molar-refractivity contribution is 1.08. The van der Waals surface area contributed by atoms with Gasteiger partial charge in [0.25, 0.3) is 0 Å². The fourth-order valence-corrected chi connectivity index (χ4v) is 6.96. The van der Waals surface area contributed by atoms with Gasteiger partial charge in [0.2, 0.25) is 0 Å². The van der Waals surface area contributed by atoms with Crippen molar-refractivity contribution in [1.29, 1.82) is 0 Å². The van der Waals surface area contributed by atoms with Crippen LogP contribution in [-0.2, 0) is 12.8 Å². The number of anilines is 2. The van der Waals surface area contributed by atoms with Crippen molar-refractivity contribution < 1.29 is 0 Å². The zero-order valence-electron chi connectivity index (χ0n) is 23.5. The molecule has 0 aromatic heterocycles. The number of hydrogen-bond donors (Lipinski definition) is 2. The monoisotopic (exact) mass is 540 g/mol. The Hall–Kier alpha value is -5.08. The van der Waals surface area contributed by atoms with Crippen LogP contribution in [0.2, 0.25) is 0 Å². The Labute approximate surface area is 247 Å². The van der Waals surface area contributed by atoms with Crippen LogP contribution in [0.1, 0.15) is 22.3 Å². The van der Waals surface area contributed by atoms with Crippen LogP contribution < -0.4 is 10.6 Å². The van der Waals surface area contributed by atoms with Crippen molar-refractivity contribution in [2.75, 3.05) is 23.7 Å². The summed E-state index contributed by atoms with van der Waals surface area (Å²) in [4.78, 5) is 0. The molecule has 2 aliphatic rings. The first kappa shape index (κ1) is 24.7. The first-order chi connectivity index (χ1) is 20.8. The maximum atomic E-state index is 3.74. The second kappa shape index (κ2) is 10.4. The zero-order chi connectivity index (χ0) is 27.9. The van der Waals surface area contributed by atoms with E-state index in [0.717, 1.165) is 25.9 Å². The van der Waals surface area contributed by atoms with Gasteiger partial charge >= 0.3 is 0 Å². The number of benzene rings is 6. The summed E-state index contributed by atoms with van der Waals surface area (Å²) >= 11 is 0. The molecule has 2 nitrogen and oxygen atoms in total. The van der Waals surface area contributed by atoms with Crippen molar-refractivity contribution in [1.82, 2.24) is 0 Å². The molecule has 6 aromatic carbocycles. The van der Waals surface area contributed by atoms with Gasteiger partial charge in [0.1, 0.15) is 0 Å². The quantitative estimate of drug-likeness (QED) is 0.197. The average molecular weight is 541 g/mol. The lowest BCUT2D eigenvalue weighted by Crippen LogP contribution is -2.14. The Morgan fingerprint density at radius 1 is 0.333 bits per heavy atom. The molecule has 2 N–H and O–H groups in total. The van der Waals surface area contributed by atoms with E-state index >= 15 is 0 Å². The van der Waals surface area contributed by atoms with Crippen LogP contribution in [-0.4, -0.2) is 13.1 Å². The molecule has 0 saturated carbocycles. The van der Waals surface area contributed by atoms with E-state index < -0.39 is 0 Å². The van der Waals surface area contributed by atoms with Crippen LogP contribution in [0.25, 0.3) is 44.5 Å². The molecule has 0 spiro atoms. The third-order valence-electron chi connectivity index (χ3n) is 8.89. The molecule has 0 saturated heterocycles. The maximum absolute atomic E-state index is 3.74. The van der Waals surface area contributed by atoms with Crippen molar-refractivity contribution in [3.63, 3.8) is 0 Å². The molecule has 2 heteroatoms. The number of hydrogen-bond acceptors (Lipinski definition) is 2. The average Bonchev–Trinajstić information content (AvgIpc) is 3.62. The molecule has 0 bridgehead atoms. The summed E-state index contributed by atoms with van der Waals surface area (Å²) in [5.41, 5.74) is 18.7. The van der Waals surface area contributed by atoms with Gasteiger partial charge in [0.15, 0.2) is 0 Å². The first-order valence-corrected chi connectivity index (χ1v) is 14.9. The van der Waals surface area contributed by atoms with E-state index in [1.165, 1.54) is 78.1 Å². The molecular formula is C40H32N2. The fraction of sp³-hybridized carbons (Fsp3) is 0.100. The smallest absolute Gasteiger partial charge is 0.0420 e. The van der Waals surface area contributed by atoms with Crippen LogP contribution in [0.5, 0.6) is 0 Å². The van der Waals surface area contributed by atoms with E-state index in [2.05, 4.69) is 144 Å². The topological polar surface area (TPSA) is 24.1 Å². The minimum atomic E-state index is 0.818. The predicted molar refractivity (Wildman–Crippen MR) is 177 cm³/mol. The second-order valence-electron chi connectivity index (χ2n) is 11.3. The SMILES string of the molecule is c1ccc2c(c1)Cc1c-2cccc1-c1ccccc1NCCNc1ccccc1-c1cccc2c1Cc1ccccc1-2. The number of nitrogens with one attached hydrogen (secondary N) is 2. The van der Waals surface area contributed by atoms with E-state index in [0.29, 0.717) is 0 Å². The third-order valence-corrected chi connectivity index (χ3v) is 8.89. The highest BCUT2D eigenvalue weighted by Gasteiger charge is 2.23. The second-order valence-corrected chi connectivity index (χ2v) is 11.3. The van der Waals surface area contributed by atoms with E-state index in [1.807, 2.05) is 0 Å². The molecular weight excluding hydrogens is 508 g/mol. The molecule has 0 radical (unpaired) electrons. The molecule has 0 amide bonds. The maximum Gasteiger partial charge on any atom is 0.0420 e. The summed E-state index contributed by atoms with van der Waals surface area (Å²) in [6.07, 6.45) is 1.98. The summed E-state index contributed by atoms with van der Waals surface area (Å²) in [5.74, 6) is 0. The number of para-hydroxylation sites is 2. The van der Waals surface area contributed by atoms with Gasteiger partial charge in [0.05, 0.1) is 0 Å². The van der Waals surface area contributed by atoms with E-state index in [4.69, 9.17) is 0 Å². The van der Waals surface area contributed by atoms with Gasteiger partial charge in [0, 0.05) is 35.6 Å². The van der Waals surface area contributed by atoms with Gasteiger partial charge in [-0.3, -0.25) is 0 Å². The third kappa shape index (κ3) is 4.19. The fourth-order valence-electron chi connectivity index (χ4n) is 6.96. The van der Waals surface area contributed by atoms with Crippen molar-refractivity contribution in [2.45, 2.75) is 12.8 Å². The highest BCUT2D eigenvalue weighted by molar-refractivity contribution is 5.90. The lowest BCUT2D eigenvalue weighted by atomic mass is 9.94. The normalized spacial score (nSPS) is 12.3. The molecule has 0 atom stereocenters. The van der Waals surface area contributed by atoms with Gasteiger partial charge < -0.3 is 10.6 Å². The minimum absolute atomic E-state index is 0.818. The van der Waals surface area contributed by atoms with Gasteiger partial charge in [-0.25, -0.2) is 0 Å². The van der Waals surface area contributed by atoms with Crippen LogP contribution in [0.15, 0.2) is 133 Å². The van der Waals surface area contributed by atoms with Gasteiger partial charge in [-0.1, -0.05) is 121 Å². The molecule has 0 fully saturated rings. The molecule has 6 aromatic rings. The van der Waals surface area contributed by atoms with Crippen LogP contribution >= 0.6 is 0 Å². The largest absolute Gasteiger partial charge is 0.383 e. The highest BCUT2D eigenvalue weighted by atomic mass is 14.9. The van der Waals surface area contributed by atoms with Gasteiger partial charge in [-0.2, -0.15) is 0 Å². The first-order valence-electron chi connectivity index (χ1n) is 14.9. The molecule has 42 heavy (non-hydrogen) atoms. The summed E-state index contributed by atoms with van der Waals surface area (Å²) in [6, 6.07) is 48.5. The Morgan fingerprint density at radius 3 is 1.12 bits per heavy atom. The molecule has 8 rings (SSSR count). The standard InChI is InChI=1S/C40H32N2/c1-3-13-29-27(11-1)25-37-31(29)17-9-19-33(37)35-15-5-7-21-39(35)41-23-24-42-40-22-8-6-16-36(40)34-20-10-18-32-30-14-4-2-12-28(30)26-38(32)34/h1-22,41-42H,23-26H2. The van der Waals surface area contributed by atoms with Crippen LogP contribution in [0.4, 0.5) is 11.4 Å². The van der Waals surface area contributed by atoms with Crippen LogP contribution in [0, 0.1) is 0 Å². The van der Waals surface area contributed by atoms with Crippen molar-refractivity contribution in [3.8, 4) is 44.5 Å².